The van der Waals surface area contributed by atoms with E-state index >= 15 is 0 Å². The molecule has 0 aromatic heterocycles. The number of nitrogens with one attached hydrogen (secondary N) is 1. The Morgan fingerprint density at radius 1 is 1.33 bits per heavy atom. The molecule has 1 aliphatic rings. The van der Waals surface area contributed by atoms with Crippen LogP contribution in [0.2, 0.25) is 0 Å². The van der Waals surface area contributed by atoms with Crippen molar-refractivity contribution in [2.24, 2.45) is 0 Å². The average Bonchev–Trinajstić information content (AvgIpc) is 2.34. The molecule has 2 rings (SSSR count). The molecule has 1 aromatic carbocycles. The van der Waals surface area contributed by atoms with Crippen molar-refractivity contribution < 1.29 is 8.42 Å². The molecule has 0 fully saturated rings. The molecule has 0 saturated carbocycles. The highest BCUT2D eigenvalue weighted by atomic mass is 32.2. The van der Waals surface area contributed by atoms with Crippen molar-refractivity contribution >= 4 is 10.0 Å². The number of rotatable bonds is 4. The van der Waals surface area contributed by atoms with E-state index in [2.05, 4.69) is 40.8 Å². The van der Waals surface area contributed by atoms with Crippen molar-refractivity contribution in [2.45, 2.75) is 25.9 Å². The van der Waals surface area contributed by atoms with Gasteiger partial charge in [-0.15, -0.1) is 0 Å². The van der Waals surface area contributed by atoms with Gasteiger partial charge in [-0.3, -0.25) is 4.90 Å². The highest BCUT2D eigenvalue weighted by molar-refractivity contribution is 7.88. The van der Waals surface area contributed by atoms with Crippen molar-refractivity contribution in [3.8, 4) is 0 Å². The van der Waals surface area contributed by atoms with Crippen molar-refractivity contribution in [2.75, 3.05) is 19.3 Å². The van der Waals surface area contributed by atoms with Crippen LogP contribution in [0, 0.1) is 0 Å². The highest BCUT2D eigenvalue weighted by Gasteiger charge is 2.20. The number of nitrogens with zero attached hydrogens (tertiary/aromatic N) is 1. The van der Waals surface area contributed by atoms with E-state index in [1.54, 1.807) is 0 Å². The summed E-state index contributed by atoms with van der Waals surface area (Å²) < 4.78 is 24.7. The van der Waals surface area contributed by atoms with Gasteiger partial charge in [-0.1, -0.05) is 24.3 Å². The number of benzene rings is 1. The monoisotopic (exact) mass is 268 g/mol. The Morgan fingerprint density at radius 3 is 2.67 bits per heavy atom. The van der Waals surface area contributed by atoms with Crippen molar-refractivity contribution in [1.29, 1.82) is 0 Å². The number of hydrogen-bond donors (Lipinski definition) is 1. The van der Waals surface area contributed by atoms with E-state index in [0.717, 1.165) is 19.5 Å². The molecule has 1 N–H and O–H groups in total. The topological polar surface area (TPSA) is 49.4 Å². The first kappa shape index (κ1) is 13.5. The quantitative estimate of drug-likeness (QED) is 0.885. The SMILES string of the molecule is CC(CNS(C)(=O)=O)N1CCc2ccccc2C1. The summed E-state index contributed by atoms with van der Waals surface area (Å²) in [6.07, 6.45) is 2.24. The fourth-order valence-electron chi connectivity index (χ4n) is 2.29. The molecule has 1 atom stereocenters. The lowest BCUT2D eigenvalue weighted by Gasteiger charge is -2.33. The summed E-state index contributed by atoms with van der Waals surface area (Å²) in [6.45, 7) is 4.43. The van der Waals surface area contributed by atoms with Gasteiger partial charge in [-0.2, -0.15) is 0 Å². The number of fused-ring (bicyclic) bond motifs is 1. The molecule has 0 saturated heterocycles. The second-order valence-electron chi connectivity index (χ2n) is 4.96. The van der Waals surface area contributed by atoms with Crippen LogP contribution in [-0.4, -0.2) is 38.7 Å². The smallest absolute Gasteiger partial charge is 0.208 e. The lowest BCUT2D eigenvalue weighted by molar-refractivity contribution is 0.192. The van der Waals surface area contributed by atoms with Crippen LogP contribution < -0.4 is 4.72 Å². The first-order valence-electron chi connectivity index (χ1n) is 6.21. The molecule has 1 aliphatic heterocycles. The molecular formula is C13H20N2O2S. The maximum Gasteiger partial charge on any atom is 0.208 e. The zero-order valence-electron chi connectivity index (χ0n) is 10.9. The summed E-state index contributed by atoms with van der Waals surface area (Å²) in [7, 11) is -3.10. The minimum absolute atomic E-state index is 0.216. The fraction of sp³-hybridized carbons (Fsp3) is 0.538. The molecule has 1 heterocycles. The second-order valence-corrected chi connectivity index (χ2v) is 6.79. The zero-order chi connectivity index (χ0) is 13.2. The van der Waals surface area contributed by atoms with E-state index in [1.807, 2.05) is 0 Å². The third-order valence-electron chi connectivity index (χ3n) is 3.42. The summed E-state index contributed by atoms with van der Waals surface area (Å²) in [5, 5.41) is 0. The third kappa shape index (κ3) is 3.54. The van der Waals surface area contributed by atoms with Gasteiger partial charge in [-0.25, -0.2) is 13.1 Å². The molecular weight excluding hydrogens is 248 g/mol. The van der Waals surface area contributed by atoms with Crippen molar-refractivity contribution in [3.05, 3.63) is 35.4 Å². The van der Waals surface area contributed by atoms with E-state index in [9.17, 15) is 8.42 Å². The molecule has 18 heavy (non-hydrogen) atoms. The summed E-state index contributed by atoms with van der Waals surface area (Å²) in [6, 6.07) is 8.67. The van der Waals surface area contributed by atoms with Gasteiger partial charge in [0.2, 0.25) is 10.0 Å². The van der Waals surface area contributed by atoms with Gasteiger partial charge in [0, 0.05) is 25.7 Å². The van der Waals surface area contributed by atoms with Gasteiger partial charge >= 0.3 is 0 Å². The van der Waals surface area contributed by atoms with E-state index in [-0.39, 0.29) is 6.04 Å². The van der Waals surface area contributed by atoms with Gasteiger partial charge < -0.3 is 0 Å². The lowest BCUT2D eigenvalue weighted by Crippen LogP contribution is -2.44. The van der Waals surface area contributed by atoms with Crippen molar-refractivity contribution in [1.82, 2.24) is 9.62 Å². The lowest BCUT2D eigenvalue weighted by atomic mass is 9.99. The maximum absolute atomic E-state index is 11.1. The van der Waals surface area contributed by atoms with E-state index in [4.69, 9.17) is 0 Å². The molecule has 1 aromatic rings. The Bertz CT molecular complexity index is 513. The van der Waals surface area contributed by atoms with E-state index in [0.29, 0.717) is 6.54 Å². The maximum atomic E-state index is 11.1. The minimum atomic E-state index is -3.10. The Hall–Kier alpha value is -0.910. The first-order valence-corrected chi connectivity index (χ1v) is 8.10. The van der Waals surface area contributed by atoms with Crippen LogP contribution in [0.3, 0.4) is 0 Å². The van der Waals surface area contributed by atoms with Gasteiger partial charge in [0.05, 0.1) is 6.26 Å². The number of sulfonamides is 1. The van der Waals surface area contributed by atoms with Gasteiger partial charge in [0.15, 0.2) is 0 Å². The van der Waals surface area contributed by atoms with Crippen LogP contribution in [0.25, 0.3) is 0 Å². The molecule has 0 radical (unpaired) electrons. The highest BCUT2D eigenvalue weighted by Crippen LogP contribution is 2.19. The van der Waals surface area contributed by atoms with Crippen LogP contribution in [0.4, 0.5) is 0 Å². The summed E-state index contributed by atoms with van der Waals surface area (Å²) in [4.78, 5) is 2.32. The molecule has 0 amide bonds. The van der Waals surface area contributed by atoms with Gasteiger partial charge in [0.25, 0.3) is 0 Å². The Morgan fingerprint density at radius 2 is 2.00 bits per heavy atom. The van der Waals surface area contributed by atoms with Crippen LogP contribution in [0.5, 0.6) is 0 Å². The summed E-state index contributed by atoms with van der Waals surface area (Å²) in [5.74, 6) is 0. The standard InChI is InChI=1S/C13H20N2O2S/c1-11(9-14-18(2,16)17)15-8-7-12-5-3-4-6-13(12)10-15/h3-6,11,14H,7-10H2,1-2H3. The zero-order valence-corrected chi connectivity index (χ0v) is 11.7. The van der Waals surface area contributed by atoms with E-state index < -0.39 is 10.0 Å². The molecule has 0 bridgehead atoms. The van der Waals surface area contributed by atoms with E-state index in [1.165, 1.54) is 17.4 Å². The largest absolute Gasteiger partial charge is 0.295 e. The molecule has 100 valence electrons. The van der Waals surface area contributed by atoms with Gasteiger partial charge in [-0.05, 0) is 24.5 Å². The predicted molar refractivity (Wildman–Crippen MR) is 72.9 cm³/mol. The Kier molecular flexibility index (Phi) is 4.04. The van der Waals surface area contributed by atoms with Gasteiger partial charge in [0.1, 0.15) is 0 Å². The first-order chi connectivity index (χ1) is 8.46. The summed E-state index contributed by atoms with van der Waals surface area (Å²) in [5.41, 5.74) is 2.77. The summed E-state index contributed by atoms with van der Waals surface area (Å²) >= 11 is 0. The van der Waals surface area contributed by atoms with Crippen LogP contribution in [0.1, 0.15) is 18.1 Å². The molecule has 0 spiro atoms. The molecule has 1 unspecified atom stereocenters. The van der Waals surface area contributed by atoms with Crippen LogP contribution in [0.15, 0.2) is 24.3 Å². The van der Waals surface area contributed by atoms with Crippen LogP contribution in [-0.2, 0) is 23.0 Å². The molecule has 4 nitrogen and oxygen atoms in total. The molecule has 5 heteroatoms. The Labute approximate surface area is 109 Å². The predicted octanol–water partition coefficient (Wildman–Crippen LogP) is 0.982. The second kappa shape index (κ2) is 5.38. The average molecular weight is 268 g/mol. The minimum Gasteiger partial charge on any atom is -0.295 e. The third-order valence-corrected chi connectivity index (χ3v) is 4.12. The number of hydrogen-bond acceptors (Lipinski definition) is 3. The fourth-order valence-corrected chi connectivity index (χ4v) is 2.84. The van der Waals surface area contributed by atoms with Crippen molar-refractivity contribution in [3.63, 3.8) is 0 Å². The van der Waals surface area contributed by atoms with Crippen LogP contribution >= 0.6 is 0 Å². The molecule has 0 aliphatic carbocycles. The normalized spacial score (nSPS) is 18.3. The Balaban J connectivity index is 1.96.